The Morgan fingerprint density at radius 2 is 1.85 bits per heavy atom. The van der Waals surface area contributed by atoms with E-state index in [4.69, 9.17) is 5.26 Å². The number of rotatable bonds is 5. The van der Waals surface area contributed by atoms with Gasteiger partial charge in [-0.2, -0.15) is 5.26 Å². The number of nitrogens with zero attached hydrogens (tertiary/aromatic N) is 3. The second-order valence-corrected chi connectivity index (χ2v) is 8.46. The van der Waals surface area contributed by atoms with E-state index >= 15 is 0 Å². The average molecular weight is 454 g/mol. The molecule has 0 bridgehead atoms. The lowest BCUT2D eigenvalue weighted by Gasteiger charge is -2.32. The first-order valence-electron chi connectivity index (χ1n) is 11.4. The van der Waals surface area contributed by atoms with Crippen LogP contribution in [0.2, 0.25) is 0 Å². The molecular formula is C27H27N5O2. The SMILES string of the molecule is Cc1ccc(NC(=O)NCc2ccccn2)cc1C(=O)N1CCC(c2ccc(C#N)cc2)CC1. The molecule has 7 nitrogen and oxygen atoms in total. The number of amides is 3. The predicted molar refractivity (Wildman–Crippen MR) is 130 cm³/mol. The molecule has 4 rings (SSSR count). The summed E-state index contributed by atoms with van der Waals surface area (Å²) in [4.78, 5) is 31.6. The Kier molecular flexibility index (Phi) is 7.19. The van der Waals surface area contributed by atoms with Crippen LogP contribution in [0.4, 0.5) is 10.5 Å². The van der Waals surface area contributed by atoms with Crippen molar-refractivity contribution in [1.82, 2.24) is 15.2 Å². The van der Waals surface area contributed by atoms with Crippen molar-refractivity contribution in [2.45, 2.75) is 32.2 Å². The first-order valence-corrected chi connectivity index (χ1v) is 11.4. The number of piperidine rings is 1. The number of hydrogen-bond acceptors (Lipinski definition) is 4. The fourth-order valence-electron chi connectivity index (χ4n) is 4.20. The molecule has 7 heteroatoms. The summed E-state index contributed by atoms with van der Waals surface area (Å²) in [5.41, 5.74) is 4.68. The second kappa shape index (κ2) is 10.6. The predicted octanol–water partition coefficient (Wildman–Crippen LogP) is 4.60. The van der Waals surface area contributed by atoms with Gasteiger partial charge >= 0.3 is 6.03 Å². The summed E-state index contributed by atoms with van der Waals surface area (Å²) >= 11 is 0. The van der Waals surface area contributed by atoms with Crippen molar-refractivity contribution in [2.75, 3.05) is 18.4 Å². The van der Waals surface area contributed by atoms with Gasteiger partial charge in [-0.05, 0) is 73.2 Å². The third-order valence-corrected chi connectivity index (χ3v) is 6.18. The Bertz CT molecular complexity index is 1190. The number of aryl methyl sites for hydroxylation is 1. The minimum Gasteiger partial charge on any atom is -0.339 e. The van der Waals surface area contributed by atoms with Crippen molar-refractivity contribution in [3.63, 3.8) is 0 Å². The summed E-state index contributed by atoms with van der Waals surface area (Å²) in [6.07, 6.45) is 3.44. The van der Waals surface area contributed by atoms with Crippen LogP contribution in [0.25, 0.3) is 0 Å². The molecule has 1 saturated heterocycles. The van der Waals surface area contributed by atoms with E-state index in [2.05, 4.69) is 21.7 Å². The van der Waals surface area contributed by atoms with Gasteiger partial charge in [0.2, 0.25) is 0 Å². The van der Waals surface area contributed by atoms with Crippen molar-refractivity contribution < 1.29 is 9.59 Å². The van der Waals surface area contributed by atoms with Gasteiger partial charge in [-0.3, -0.25) is 9.78 Å². The van der Waals surface area contributed by atoms with Crippen molar-refractivity contribution >= 4 is 17.6 Å². The molecule has 2 aromatic carbocycles. The lowest BCUT2D eigenvalue weighted by molar-refractivity contribution is 0.0712. The summed E-state index contributed by atoms with van der Waals surface area (Å²) < 4.78 is 0. The summed E-state index contributed by atoms with van der Waals surface area (Å²) in [6.45, 7) is 3.57. The number of pyridine rings is 1. The molecule has 0 saturated carbocycles. The normalized spacial score (nSPS) is 13.7. The highest BCUT2D eigenvalue weighted by Crippen LogP contribution is 2.29. The number of urea groups is 1. The van der Waals surface area contributed by atoms with E-state index in [-0.39, 0.29) is 11.9 Å². The zero-order chi connectivity index (χ0) is 23.9. The van der Waals surface area contributed by atoms with Crippen molar-refractivity contribution in [3.05, 3.63) is 94.8 Å². The Labute approximate surface area is 199 Å². The molecule has 172 valence electrons. The number of likely N-dealkylation sites (tertiary alicyclic amines) is 1. The summed E-state index contributed by atoms with van der Waals surface area (Å²) in [5, 5.41) is 14.6. The Morgan fingerprint density at radius 1 is 1.09 bits per heavy atom. The van der Waals surface area contributed by atoms with Gasteiger partial charge in [0.25, 0.3) is 5.91 Å². The summed E-state index contributed by atoms with van der Waals surface area (Å²) in [6, 6.07) is 20.4. The number of nitrogens with one attached hydrogen (secondary N) is 2. The molecule has 0 atom stereocenters. The standard InChI is InChI=1S/C27H27N5O2/c1-19-5-10-23(31-27(34)30-18-24-4-2-3-13-29-24)16-25(19)26(33)32-14-11-22(12-15-32)21-8-6-20(17-28)7-9-21/h2-10,13,16,22H,11-12,14-15,18H2,1H3,(H2,30,31,34). The molecule has 1 aliphatic heterocycles. The Hall–Kier alpha value is -4.18. The monoisotopic (exact) mass is 453 g/mol. The summed E-state index contributed by atoms with van der Waals surface area (Å²) in [7, 11) is 0. The molecule has 2 N–H and O–H groups in total. The number of carbonyl (C=O) groups excluding carboxylic acids is 2. The quantitative estimate of drug-likeness (QED) is 0.590. The molecule has 3 amide bonds. The third kappa shape index (κ3) is 5.59. The fourth-order valence-corrected chi connectivity index (χ4v) is 4.20. The number of benzene rings is 2. The molecule has 1 fully saturated rings. The molecule has 0 radical (unpaired) electrons. The molecule has 1 aliphatic rings. The van der Waals surface area contributed by atoms with E-state index in [0.29, 0.717) is 42.4 Å². The maximum absolute atomic E-state index is 13.2. The van der Waals surface area contributed by atoms with Gasteiger partial charge in [0.1, 0.15) is 0 Å². The number of anilines is 1. The van der Waals surface area contributed by atoms with Crippen molar-refractivity contribution in [2.24, 2.45) is 0 Å². The zero-order valence-corrected chi connectivity index (χ0v) is 19.1. The molecule has 2 heterocycles. The van der Waals surface area contributed by atoms with Crippen LogP contribution in [0.1, 0.15) is 51.5 Å². The van der Waals surface area contributed by atoms with E-state index in [1.54, 1.807) is 18.3 Å². The number of nitriles is 1. The number of carbonyl (C=O) groups is 2. The molecule has 1 aromatic heterocycles. The minimum atomic E-state index is -0.351. The maximum Gasteiger partial charge on any atom is 0.319 e. The summed E-state index contributed by atoms with van der Waals surface area (Å²) in [5.74, 6) is 0.363. The number of aromatic nitrogens is 1. The van der Waals surface area contributed by atoms with E-state index < -0.39 is 0 Å². The highest BCUT2D eigenvalue weighted by atomic mass is 16.2. The first-order chi connectivity index (χ1) is 16.5. The zero-order valence-electron chi connectivity index (χ0n) is 19.1. The van der Waals surface area contributed by atoms with Gasteiger partial charge in [0, 0.05) is 30.5 Å². The Balaban J connectivity index is 1.35. The fraction of sp³-hybridized carbons (Fsp3) is 0.259. The van der Waals surface area contributed by atoms with Crippen LogP contribution in [-0.4, -0.2) is 34.9 Å². The first kappa shape index (κ1) is 23.0. The van der Waals surface area contributed by atoms with Gasteiger partial charge in [-0.1, -0.05) is 24.3 Å². The molecule has 0 aliphatic carbocycles. The van der Waals surface area contributed by atoms with E-state index in [0.717, 1.165) is 24.1 Å². The van der Waals surface area contributed by atoms with Crippen molar-refractivity contribution in [1.29, 1.82) is 5.26 Å². The van der Waals surface area contributed by atoms with Crippen LogP contribution < -0.4 is 10.6 Å². The smallest absolute Gasteiger partial charge is 0.319 e. The van der Waals surface area contributed by atoms with Crippen LogP contribution in [0, 0.1) is 18.3 Å². The van der Waals surface area contributed by atoms with Crippen molar-refractivity contribution in [3.8, 4) is 6.07 Å². The maximum atomic E-state index is 13.2. The van der Waals surface area contributed by atoms with Crippen LogP contribution in [-0.2, 0) is 6.54 Å². The van der Waals surface area contributed by atoms with Crippen LogP contribution >= 0.6 is 0 Å². The largest absolute Gasteiger partial charge is 0.339 e. The van der Waals surface area contributed by atoms with Crippen LogP contribution in [0.3, 0.4) is 0 Å². The molecule has 34 heavy (non-hydrogen) atoms. The average Bonchev–Trinajstić information content (AvgIpc) is 2.89. The van der Waals surface area contributed by atoms with Gasteiger partial charge in [0.05, 0.1) is 23.9 Å². The van der Waals surface area contributed by atoms with Gasteiger partial charge in [0.15, 0.2) is 0 Å². The third-order valence-electron chi connectivity index (χ3n) is 6.18. The van der Waals surface area contributed by atoms with E-state index in [1.165, 1.54) is 5.56 Å². The lowest BCUT2D eigenvalue weighted by Crippen LogP contribution is -2.38. The van der Waals surface area contributed by atoms with E-state index in [1.807, 2.05) is 60.4 Å². The van der Waals surface area contributed by atoms with Crippen LogP contribution in [0.5, 0.6) is 0 Å². The van der Waals surface area contributed by atoms with Gasteiger partial charge < -0.3 is 15.5 Å². The molecule has 0 unspecified atom stereocenters. The second-order valence-electron chi connectivity index (χ2n) is 8.46. The highest BCUT2D eigenvalue weighted by Gasteiger charge is 2.25. The lowest BCUT2D eigenvalue weighted by atomic mass is 9.88. The Morgan fingerprint density at radius 3 is 2.53 bits per heavy atom. The topological polar surface area (TPSA) is 98.1 Å². The molecule has 0 spiro atoms. The minimum absolute atomic E-state index is 0.0201. The number of hydrogen-bond donors (Lipinski definition) is 2. The van der Waals surface area contributed by atoms with Crippen LogP contribution in [0.15, 0.2) is 66.9 Å². The molecule has 3 aromatic rings. The highest BCUT2D eigenvalue weighted by molar-refractivity contribution is 5.98. The molecular weight excluding hydrogens is 426 g/mol. The van der Waals surface area contributed by atoms with Gasteiger partial charge in [-0.15, -0.1) is 0 Å². The van der Waals surface area contributed by atoms with E-state index in [9.17, 15) is 9.59 Å². The van der Waals surface area contributed by atoms with Gasteiger partial charge in [-0.25, -0.2) is 4.79 Å².